The third kappa shape index (κ3) is 3.61. The van der Waals surface area contributed by atoms with E-state index in [-0.39, 0.29) is 12.3 Å². The highest BCUT2D eigenvalue weighted by molar-refractivity contribution is 5.94. The summed E-state index contributed by atoms with van der Waals surface area (Å²) in [6, 6.07) is 8.63. The molecule has 0 aliphatic heterocycles. The van der Waals surface area contributed by atoms with E-state index < -0.39 is 11.8 Å². The minimum absolute atomic E-state index is 0.00902. The molecule has 0 spiro atoms. The SMILES string of the molecule is CC(CC(=O)Nc1ccccc1C#N)C(N)=O. The molecule has 0 fully saturated rings. The topological polar surface area (TPSA) is 96.0 Å². The summed E-state index contributed by atoms with van der Waals surface area (Å²) in [4.78, 5) is 22.4. The molecule has 3 N–H and O–H groups in total. The van der Waals surface area contributed by atoms with Crippen molar-refractivity contribution in [3.63, 3.8) is 0 Å². The van der Waals surface area contributed by atoms with E-state index in [4.69, 9.17) is 11.0 Å². The summed E-state index contributed by atoms with van der Waals surface area (Å²) in [6.45, 7) is 1.58. The summed E-state index contributed by atoms with van der Waals surface area (Å²) in [5.74, 6) is -1.38. The summed E-state index contributed by atoms with van der Waals surface area (Å²) in [7, 11) is 0. The summed E-state index contributed by atoms with van der Waals surface area (Å²) in [6.07, 6.45) is 0.00902. The van der Waals surface area contributed by atoms with Crippen molar-refractivity contribution in [3.05, 3.63) is 29.8 Å². The Labute approximate surface area is 99.2 Å². The monoisotopic (exact) mass is 231 g/mol. The van der Waals surface area contributed by atoms with Crippen LogP contribution in [0.1, 0.15) is 18.9 Å². The lowest BCUT2D eigenvalue weighted by molar-refractivity contribution is -0.125. The van der Waals surface area contributed by atoms with E-state index in [9.17, 15) is 9.59 Å². The quantitative estimate of drug-likeness (QED) is 0.809. The van der Waals surface area contributed by atoms with Crippen LogP contribution in [0.5, 0.6) is 0 Å². The van der Waals surface area contributed by atoms with Gasteiger partial charge < -0.3 is 11.1 Å². The Morgan fingerprint density at radius 1 is 1.47 bits per heavy atom. The fourth-order valence-electron chi connectivity index (χ4n) is 1.27. The Kier molecular flexibility index (Phi) is 4.23. The van der Waals surface area contributed by atoms with Gasteiger partial charge in [0.25, 0.3) is 0 Å². The summed E-state index contributed by atoms with van der Waals surface area (Å²) in [5.41, 5.74) is 5.89. The molecule has 0 aliphatic rings. The maximum absolute atomic E-state index is 11.6. The molecule has 1 rings (SSSR count). The van der Waals surface area contributed by atoms with Crippen LogP contribution < -0.4 is 11.1 Å². The summed E-state index contributed by atoms with van der Waals surface area (Å²) in [5, 5.41) is 11.4. The van der Waals surface area contributed by atoms with Gasteiger partial charge in [0.05, 0.1) is 11.3 Å². The molecule has 0 heterocycles. The van der Waals surface area contributed by atoms with Crippen molar-refractivity contribution in [1.29, 1.82) is 5.26 Å². The first kappa shape index (κ1) is 12.7. The zero-order valence-corrected chi connectivity index (χ0v) is 9.43. The molecular weight excluding hydrogens is 218 g/mol. The number of hydrogen-bond acceptors (Lipinski definition) is 3. The van der Waals surface area contributed by atoms with Crippen molar-refractivity contribution in [2.45, 2.75) is 13.3 Å². The van der Waals surface area contributed by atoms with Crippen molar-refractivity contribution < 1.29 is 9.59 Å². The summed E-state index contributed by atoms with van der Waals surface area (Å²) < 4.78 is 0. The van der Waals surface area contributed by atoms with Crippen LogP contribution >= 0.6 is 0 Å². The number of carbonyl (C=O) groups excluding carboxylic acids is 2. The number of nitrogens with two attached hydrogens (primary N) is 1. The largest absolute Gasteiger partial charge is 0.369 e. The number of hydrogen-bond donors (Lipinski definition) is 2. The van der Waals surface area contributed by atoms with E-state index in [1.807, 2.05) is 6.07 Å². The number of amides is 2. The molecule has 0 bridgehead atoms. The molecule has 88 valence electrons. The highest BCUT2D eigenvalue weighted by Crippen LogP contribution is 2.14. The maximum atomic E-state index is 11.6. The number of carbonyl (C=O) groups is 2. The van der Waals surface area contributed by atoms with Crippen molar-refractivity contribution in [1.82, 2.24) is 0 Å². The first-order chi connectivity index (χ1) is 8.04. The number of para-hydroxylation sites is 1. The summed E-state index contributed by atoms with van der Waals surface area (Å²) >= 11 is 0. The van der Waals surface area contributed by atoms with Crippen LogP contribution in [-0.4, -0.2) is 11.8 Å². The maximum Gasteiger partial charge on any atom is 0.225 e. The molecule has 5 nitrogen and oxygen atoms in total. The molecule has 1 aromatic carbocycles. The van der Waals surface area contributed by atoms with Gasteiger partial charge in [0.2, 0.25) is 11.8 Å². The van der Waals surface area contributed by atoms with Gasteiger partial charge in [0, 0.05) is 12.3 Å². The average molecular weight is 231 g/mol. The minimum Gasteiger partial charge on any atom is -0.369 e. The third-order valence-electron chi connectivity index (χ3n) is 2.30. The van der Waals surface area contributed by atoms with Crippen LogP contribution in [0.3, 0.4) is 0 Å². The highest BCUT2D eigenvalue weighted by atomic mass is 16.2. The van der Waals surface area contributed by atoms with Gasteiger partial charge in [-0.15, -0.1) is 0 Å². The molecule has 1 atom stereocenters. The minimum atomic E-state index is -0.524. The predicted octanol–water partition coefficient (Wildman–Crippen LogP) is 1.01. The molecule has 0 saturated heterocycles. The van der Waals surface area contributed by atoms with E-state index in [0.29, 0.717) is 11.3 Å². The number of nitrogens with zero attached hydrogens (tertiary/aromatic N) is 1. The fourth-order valence-corrected chi connectivity index (χ4v) is 1.27. The van der Waals surface area contributed by atoms with Gasteiger partial charge in [-0.1, -0.05) is 19.1 Å². The molecule has 0 aromatic heterocycles. The standard InChI is InChI=1S/C12H13N3O2/c1-8(12(14)17)6-11(16)15-10-5-3-2-4-9(10)7-13/h2-5,8H,6H2,1H3,(H2,14,17)(H,15,16). The van der Waals surface area contributed by atoms with Gasteiger partial charge in [-0.3, -0.25) is 9.59 Å². The zero-order chi connectivity index (χ0) is 12.8. The van der Waals surface area contributed by atoms with Crippen LogP contribution in [0.2, 0.25) is 0 Å². The Hall–Kier alpha value is -2.35. The normalized spacial score (nSPS) is 11.3. The van der Waals surface area contributed by atoms with Gasteiger partial charge in [0.1, 0.15) is 6.07 Å². The van der Waals surface area contributed by atoms with Crippen LogP contribution in [-0.2, 0) is 9.59 Å². The van der Waals surface area contributed by atoms with Crippen molar-refractivity contribution in [2.24, 2.45) is 11.7 Å². The number of nitrogens with one attached hydrogen (secondary N) is 1. The van der Waals surface area contributed by atoms with Crippen LogP contribution in [0.15, 0.2) is 24.3 Å². The number of primary amides is 1. The fraction of sp³-hybridized carbons (Fsp3) is 0.250. The Morgan fingerprint density at radius 2 is 2.12 bits per heavy atom. The number of benzene rings is 1. The van der Waals surface area contributed by atoms with E-state index in [0.717, 1.165) is 0 Å². The van der Waals surface area contributed by atoms with Crippen LogP contribution in [0.25, 0.3) is 0 Å². The van der Waals surface area contributed by atoms with Crippen molar-refractivity contribution in [3.8, 4) is 6.07 Å². The molecule has 0 radical (unpaired) electrons. The lowest BCUT2D eigenvalue weighted by Gasteiger charge is -2.09. The van der Waals surface area contributed by atoms with Gasteiger partial charge in [-0.2, -0.15) is 5.26 Å². The smallest absolute Gasteiger partial charge is 0.225 e. The lowest BCUT2D eigenvalue weighted by Crippen LogP contribution is -2.25. The molecule has 1 aromatic rings. The van der Waals surface area contributed by atoms with Gasteiger partial charge in [-0.25, -0.2) is 0 Å². The number of rotatable bonds is 4. The zero-order valence-electron chi connectivity index (χ0n) is 9.43. The first-order valence-corrected chi connectivity index (χ1v) is 5.13. The molecular formula is C12H13N3O2. The highest BCUT2D eigenvalue weighted by Gasteiger charge is 2.14. The van der Waals surface area contributed by atoms with Crippen molar-refractivity contribution in [2.75, 3.05) is 5.32 Å². The van der Waals surface area contributed by atoms with Crippen LogP contribution in [0, 0.1) is 17.2 Å². The number of anilines is 1. The second-order valence-electron chi connectivity index (χ2n) is 3.71. The third-order valence-corrected chi connectivity index (χ3v) is 2.30. The molecule has 0 saturated carbocycles. The number of nitriles is 1. The lowest BCUT2D eigenvalue weighted by atomic mass is 10.1. The average Bonchev–Trinajstić information content (AvgIpc) is 2.29. The molecule has 0 aliphatic carbocycles. The molecule has 2 amide bonds. The van der Waals surface area contributed by atoms with Crippen molar-refractivity contribution >= 4 is 17.5 Å². The van der Waals surface area contributed by atoms with E-state index in [2.05, 4.69) is 5.32 Å². The molecule has 5 heteroatoms. The second-order valence-corrected chi connectivity index (χ2v) is 3.71. The Morgan fingerprint density at radius 3 is 2.71 bits per heavy atom. The van der Waals surface area contributed by atoms with E-state index >= 15 is 0 Å². The molecule has 1 unspecified atom stereocenters. The predicted molar refractivity (Wildman–Crippen MR) is 62.8 cm³/mol. The van der Waals surface area contributed by atoms with Crippen LogP contribution in [0.4, 0.5) is 5.69 Å². The Bertz CT molecular complexity index is 477. The molecule has 17 heavy (non-hydrogen) atoms. The van der Waals surface area contributed by atoms with Gasteiger partial charge >= 0.3 is 0 Å². The van der Waals surface area contributed by atoms with E-state index in [1.165, 1.54) is 0 Å². The Balaban J connectivity index is 2.69. The first-order valence-electron chi connectivity index (χ1n) is 5.13. The van der Waals surface area contributed by atoms with Gasteiger partial charge in [0.15, 0.2) is 0 Å². The van der Waals surface area contributed by atoms with E-state index in [1.54, 1.807) is 31.2 Å². The second kappa shape index (κ2) is 5.66. The van der Waals surface area contributed by atoms with Gasteiger partial charge in [-0.05, 0) is 12.1 Å².